The van der Waals surface area contributed by atoms with Crippen molar-refractivity contribution < 1.29 is 4.79 Å². The Balaban J connectivity index is 2.93. The third-order valence-corrected chi connectivity index (χ3v) is 2.51. The molecule has 0 unspecified atom stereocenters. The van der Waals surface area contributed by atoms with Crippen LogP contribution in [0.15, 0.2) is 24.3 Å². The summed E-state index contributed by atoms with van der Waals surface area (Å²) < 4.78 is 2.01. The molecule has 0 spiro atoms. The molecule has 2 heteroatoms. The van der Waals surface area contributed by atoms with Gasteiger partial charge in [0.15, 0.2) is 5.78 Å². The van der Waals surface area contributed by atoms with Crippen LogP contribution in [0.25, 0.3) is 5.52 Å². The third-order valence-electron chi connectivity index (χ3n) is 2.51. The highest BCUT2D eigenvalue weighted by molar-refractivity contribution is 5.95. The van der Waals surface area contributed by atoms with E-state index in [9.17, 15) is 4.79 Å². The Morgan fingerprint density at radius 2 is 2.00 bits per heavy atom. The van der Waals surface area contributed by atoms with E-state index in [4.69, 9.17) is 0 Å². The molecule has 0 aromatic carbocycles. The summed E-state index contributed by atoms with van der Waals surface area (Å²) in [6, 6.07) is 8.09. The normalized spacial score (nSPS) is 10.8. The van der Waals surface area contributed by atoms with Crippen molar-refractivity contribution in [2.45, 2.75) is 20.8 Å². The van der Waals surface area contributed by atoms with Crippen LogP contribution in [0.1, 0.15) is 28.7 Å². The van der Waals surface area contributed by atoms with Crippen LogP contribution in [0.3, 0.4) is 0 Å². The first-order valence-electron chi connectivity index (χ1n) is 4.70. The smallest absolute Gasteiger partial charge is 0.176 e. The van der Waals surface area contributed by atoms with Crippen molar-refractivity contribution in [3.8, 4) is 0 Å². The highest BCUT2D eigenvalue weighted by Crippen LogP contribution is 2.18. The van der Waals surface area contributed by atoms with Gasteiger partial charge in [0.25, 0.3) is 0 Å². The van der Waals surface area contributed by atoms with E-state index in [0.29, 0.717) is 0 Å². The Morgan fingerprint density at radius 1 is 1.29 bits per heavy atom. The minimum absolute atomic E-state index is 0.122. The summed E-state index contributed by atoms with van der Waals surface area (Å²) in [6.45, 7) is 5.60. The standard InChI is InChI=1S/C12H13NO/c1-8-7-11-6-4-5-9(2)13(11)12(8)10(3)14/h4-7H,1-3H3. The molecule has 0 saturated carbocycles. The first-order valence-corrected chi connectivity index (χ1v) is 4.70. The molecular weight excluding hydrogens is 174 g/mol. The molecule has 0 N–H and O–H groups in total. The zero-order valence-corrected chi connectivity index (χ0v) is 8.66. The molecule has 0 atom stereocenters. The molecule has 0 radical (unpaired) electrons. The van der Waals surface area contributed by atoms with E-state index in [0.717, 1.165) is 22.5 Å². The Hall–Kier alpha value is -1.57. The largest absolute Gasteiger partial charge is 0.311 e. The minimum atomic E-state index is 0.122. The summed E-state index contributed by atoms with van der Waals surface area (Å²) in [6.07, 6.45) is 0. The molecule has 2 aromatic heterocycles. The van der Waals surface area contributed by atoms with Crippen molar-refractivity contribution in [3.63, 3.8) is 0 Å². The fourth-order valence-electron chi connectivity index (χ4n) is 1.96. The van der Waals surface area contributed by atoms with Crippen LogP contribution in [0.5, 0.6) is 0 Å². The molecule has 72 valence electrons. The van der Waals surface area contributed by atoms with Crippen LogP contribution in [0.2, 0.25) is 0 Å². The average molecular weight is 187 g/mol. The van der Waals surface area contributed by atoms with Gasteiger partial charge in [-0.1, -0.05) is 6.07 Å². The summed E-state index contributed by atoms with van der Waals surface area (Å²) in [7, 11) is 0. The Kier molecular flexibility index (Phi) is 1.92. The number of ketones is 1. The quantitative estimate of drug-likeness (QED) is 0.629. The lowest BCUT2D eigenvalue weighted by atomic mass is 10.2. The summed E-state index contributed by atoms with van der Waals surface area (Å²) in [5.74, 6) is 0.122. The summed E-state index contributed by atoms with van der Waals surface area (Å²) in [5, 5.41) is 0. The van der Waals surface area contributed by atoms with Gasteiger partial charge in [-0.3, -0.25) is 4.79 Å². The van der Waals surface area contributed by atoms with Gasteiger partial charge >= 0.3 is 0 Å². The monoisotopic (exact) mass is 187 g/mol. The topological polar surface area (TPSA) is 21.5 Å². The first-order chi connectivity index (χ1) is 6.61. The maximum Gasteiger partial charge on any atom is 0.176 e. The van der Waals surface area contributed by atoms with Gasteiger partial charge in [-0.15, -0.1) is 0 Å². The fraction of sp³-hybridized carbons (Fsp3) is 0.250. The number of carbonyl (C=O) groups is 1. The number of fused-ring (bicyclic) bond motifs is 1. The summed E-state index contributed by atoms with van der Waals surface area (Å²) in [5.41, 5.74) is 4.04. The summed E-state index contributed by atoms with van der Waals surface area (Å²) >= 11 is 0. The molecule has 0 bridgehead atoms. The van der Waals surface area contributed by atoms with Crippen LogP contribution < -0.4 is 0 Å². The maximum absolute atomic E-state index is 11.5. The molecule has 0 aliphatic carbocycles. The van der Waals surface area contributed by atoms with Gasteiger partial charge in [-0.2, -0.15) is 0 Å². The zero-order valence-electron chi connectivity index (χ0n) is 8.66. The van der Waals surface area contributed by atoms with E-state index < -0.39 is 0 Å². The molecule has 0 fully saturated rings. The molecule has 0 aliphatic heterocycles. The second-order valence-corrected chi connectivity index (χ2v) is 3.66. The SMILES string of the molecule is CC(=O)c1c(C)cc2cccc(C)n12. The first kappa shape index (κ1) is 9.00. The van der Waals surface area contributed by atoms with Crippen molar-refractivity contribution >= 4 is 11.3 Å². The second-order valence-electron chi connectivity index (χ2n) is 3.66. The van der Waals surface area contributed by atoms with Gasteiger partial charge in [0.05, 0.1) is 5.69 Å². The minimum Gasteiger partial charge on any atom is -0.311 e. The number of pyridine rings is 1. The highest BCUT2D eigenvalue weighted by Gasteiger charge is 2.11. The number of Topliss-reactive ketones (excluding diaryl/α,β-unsaturated/α-hetero) is 1. The molecule has 2 rings (SSSR count). The van der Waals surface area contributed by atoms with E-state index in [1.807, 2.05) is 42.5 Å². The Bertz CT molecular complexity index is 508. The lowest BCUT2D eigenvalue weighted by molar-refractivity contribution is 0.101. The second kappa shape index (κ2) is 2.98. The number of nitrogens with zero attached hydrogens (tertiary/aromatic N) is 1. The van der Waals surface area contributed by atoms with Crippen molar-refractivity contribution in [1.82, 2.24) is 4.40 Å². The van der Waals surface area contributed by atoms with Crippen LogP contribution >= 0.6 is 0 Å². The molecule has 2 heterocycles. The van der Waals surface area contributed by atoms with Crippen molar-refractivity contribution in [3.05, 3.63) is 41.2 Å². The molecule has 0 saturated heterocycles. The van der Waals surface area contributed by atoms with Gasteiger partial charge in [0, 0.05) is 18.1 Å². The van der Waals surface area contributed by atoms with Gasteiger partial charge in [-0.05, 0) is 37.6 Å². The Morgan fingerprint density at radius 3 is 2.64 bits per heavy atom. The van der Waals surface area contributed by atoms with Crippen LogP contribution in [0, 0.1) is 13.8 Å². The number of aromatic nitrogens is 1. The predicted octanol–water partition coefficient (Wildman–Crippen LogP) is 2.76. The van der Waals surface area contributed by atoms with E-state index in [1.165, 1.54) is 0 Å². The maximum atomic E-state index is 11.5. The number of rotatable bonds is 1. The third kappa shape index (κ3) is 1.15. The molecule has 2 nitrogen and oxygen atoms in total. The van der Waals surface area contributed by atoms with Crippen molar-refractivity contribution in [1.29, 1.82) is 0 Å². The Labute approximate surface area is 83.2 Å². The lowest BCUT2D eigenvalue weighted by Gasteiger charge is -2.04. The molecule has 0 amide bonds. The fourth-order valence-corrected chi connectivity index (χ4v) is 1.96. The van der Waals surface area contributed by atoms with E-state index in [2.05, 4.69) is 0 Å². The van der Waals surface area contributed by atoms with Gasteiger partial charge in [-0.25, -0.2) is 0 Å². The number of carbonyl (C=O) groups excluding carboxylic acids is 1. The highest BCUT2D eigenvalue weighted by atomic mass is 16.1. The number of hydrogen-bond donors (Lipinski definition) is 0. The van der Waals surface area contributed by atoms with Crippen molar-refractivity contribution in [2.75, 3.05) is 0 Å². The number of hydrogen-bond acceptors (Lipinski definition) is 1. The molecule has 14 heavy (non-hydrogen) atoms. The molecular formula is C12H13NO. The number of aryl methyl sites for hydroxylation is 2. The van der Waals surface area contributed by atoms with Gasteiger partial charge < -0.3 is 4.40 Å². The zero-order chi connectivity index (χ0) is 10.3. The summed E-state index contributed by atoms with van der Waals surface area (Å²) in [4.78, 5) is 11.5. The predicted molar refractivity (Wildman–Crippen MR) is 56.9 cm³/mol. The van der Waals surface area contributed by atoms with Gasteiger partial charge in [0.1, 0.15) is 0 Å². The van der Waals surface area contributed by atoms with Crippen LogP contribution in [-0.2, 0) is 0 Å². The lowest BCUT2D eigenvalue weighted by Crippen LogP contribution is -2.02. The van der Waals surface area contributed by atoms with Crippen LogP contribution in [-0.4, -0.2) is 10.2 Å². The van der Waals surface area contributed by atoms with E-state index in [-0.39, 0.29) is 5.78 Å². The van der Waals surface area contributed by atoms with E-state index >= 15 is 0 Å². The van der Waals surface area contributed by atoms with E-state index in [1.54, 1.807) is 6.92 Å². The van der Waals surface area contributed by atoms with Crippen molar-refractivity contribution in [2.24, 2.45) is 0 Å². The van der Waals surface area contributed by atoms with Crippen LogP contribution in [0.4, 0.5) is 0 Å². The molecule has 2 aromatic rings. The molecule has 0 aliphatic rings. The average Bonchev–Trinajstić information content (AvgIpc) is 2.42. The van der Waals surface area contributed by atoms with Gasteiger partial charge in [0.2, 0.25) is 0 Å².